The summed E-state index contributed by atoms with van der Waals surface area (Å²) in [4.78, 5) is 16.8. The smallest absolute Gasteiger partial charge is 0.330 e. The number of hydrogen-bond acceptors (Lipinski definition) is 5. The molecule has 0 atom stereocenters. The number of nitrogens with zero attached hydrogens (tertiary/aromatic N) is 1. The van der Waals surface area contributed by atoms with E-state index < -0.39 is 0 Å². The summed E-state index contributed by atoms with van der Waals surface area (Å²) in [6.45, 7) is 4.17. The van der Waals surface area contributed by atoms with Crippen molar-refractivity contribution in [2.75, 3.05) is 6.61 Å². The molecule has 0 aliphatic carbocycles. The molecule has 0 aromatic carbocycles. The second-order valence-electron chi connectivity index (χ2n) is 4.06. The maximum Gasteiger partial charge on any atom is 0.330 e. The molecule has 0 aliphatic rings. The zero-order valence-electron chi connectivity index (χ0n) is 10.9. The molecule has 4 nitrogen and oxygen atoms in total. The van der Waals surface area contributed by atoms with E-state index in [1.165, 1.54) is 6.08 Å². The summed E-state index contributed by atoms with van der Waals surface area (Å²) in [6, 6.07) is 3.65. The monoisotopic (exact) mass is 277 g/mol. The van der Waals surface area contributed by atoms with Crippen LogP contribution in [0.25, 0.3) is 6.08 Å². The first kappa shape index (κ1) is 13.5. The van der Waals surface area contributed by atoms with E-state index in [1.54, 1.807) is 29.0 Å². The van der Waals surface area contributed by atoms with Crippen LogP contribution in [0.1, 0.15) is 22.1 Å². The third-order valence-corrected chi connectivity index (χ3v) is 3.56. The van der Waals surface area contributed by atoms with Crippen molar-refractivity contribution in [1.29, 1.82) is 0 Å². The molecule has 0 aliphatic heterocycles. The molecular formula is C14H15NO3S. The Kier molecular flexibility index (Phi) is 4.52. The van der Waals surface area contributed by atoms with Crippen LogP contribution in [0.15, 0.2) is 28.1 Å². The summed E-state index contributed by atoms with van der Waals surface area (Å²) in [7, 11) is 0. The van der Waals surface area contributed by atoms with Crippen LogP contribution in [0.4, 0.5) is 0 Å². The van der Waals surface area contributed by atoms with Crippen molar-refractivity contribution in [3.63, 3.8) is 0 Å². The van der Waals surface area contributed by atoms with Crippen molar-refractivity contribution in [2.45, 2.75) is 20.3 Å². The van der Waals surface area contributed by atoms with Gasteiger partial charge in [-0.1, -0.05) is 0 Å². The van der Waals surface area contributed by atoms with Gasteiger partial charge in [0, 0.05) is 17.4 Å². The molecule has 0 saturated heterocycles. The standard InChI is InChI=1S/C14H15NO3S/c1-10-3-4-12(18-10)5-6-14(16)17-8-7-13-11(2)15-9-19-13/h3-6,9H,7-8H2,1-2H3/b6-5+. The van der Waals surface area contributed by atoms with Gasteiger partial charge in [0.25, 0.3) is 0 Å². The van der Waals surface area contributed by atoms with Gasteiger partial charge in [0.15, 0.2) is 0 Å². The molecule has 100 valence electrons. The van der Waals surface area contributed by atoms with Gasteiger partial charge in [-0.3, -0.25) is 0 Å². The molecule has 0 bridgehead atoms. The summed E-state index contributed by atoms with van der Waals surface area (Å²) in [5, 5.41) is 0. The molecule has 5 heteroatoms. The largest absolute Gasteiger partial charge is 0.462 e. The van der Waals surface area contributed by atoms with Crippen molar-refractivity contribution in [3.05, 3.63) is 45.8 Å². The minimum atomic E-state index is -0.365. The predicted molar refractivity (Wildman–Crippen MR) is 74.0 cm³/mol. The highest BCUT2D eigenvalue weighted by Gasteiger charge is 2.03. The van der Waals surface area contributed by atoms with Gasteiger partial charge in [-0.25, -0.2) is 9.78 Å². The van der Waals surface area contributed by atoms with Gasteiger partial charge >= 0.3 is 5.97 Å². The number of hydrogen-bond donors (Lipinski definition) is 0. The van der Waals surface area contributed by atoms with Crippen LogP contribution >= 0.6 is 11.3 Å². The van der Waals surface area contributed by atoms with E-state index in [0.717, 1.165) is 16.3 Å². The Morgan fingerprint density at radius 1 is 1.47 bits per heavy atom. The number of esters is 1. The van der Waals surface area contributed by atoms with E-state index in [0.29, 0.717) is 18.8 Å². The summed E-state index contributed by atoms with van der Waals surface area (Å²) in [5.41, 5.74) is 2.80. The number of thiazole rings is 1. The molecule has 0 radical (unpaired) electrons. The average molecular weight is 277 g/mol. The minimum absolute atomic E-state index is 0.364. The Morgan fingerprint density at radius 2 is 2.32 bits per heavy atom. The maximum atomic E-state index is 11.5. The second kappa shape index (κ2) is 6.33. The minimum Gasteiger partial charge on any atom is -0.462 e. The van der Waals surface area contributed by atoms with Crippen LogP contribution in [-0.4, -0.2) is 17.6 Å². The van der Waals surface area contributed by atoms with E-state index >= 15 is 0 Å². The quantitative estimate of drug-likeness (QED) is 0.622. The van der Waals surface area contributed by atoms with E-state index in [1.807, 2.05) is 19.9 Å². The molecule has 0 N–H and O–H groups in total. The normalized spacial score (nSPS) is 11.1. The lowest BCUT2D eigenvalue weighted by molar-refractivity contribution is -0.137. The van der Waals surface area contributed by atoms with Crippen LogP contribution in [0.3, 0.4) is 0 Å². The highest BCUT2D eigenvalue weighted by atomic mass is 32.1. The van der Waals surface area contributed by atoms with Crippen LogP contribution in [0.2, 0.25) is 0 Å². The van der Waals surface area contributed by atoms with Crippen LogP contribution in [0.5, 0.6) is 0 Å². The second-order valence-corrected chi connectivity index (χ2v) is 5.00. The molecule has 0 fully saturated rings. The number of rotatable bonds is 5. The molecule has 19 heavy (non-hydrogen) atoms. The lowest BCUT2D eigenvalue weighted by Gasteiger charge is -2.00. The maximum absolute atomic E-state index is 11.5. The first-order valence-electron chi connectivity index (χ1n) is 5.95. The first-order chi connectivity index (χ1) is 9.15. The van der Waals surface area contributed by atoms with E-state index in [9.17, 15) is 4.79 Å². The third-order valence-electron chi connectivity index (χ3n) is 2.56. The Labute approximate surface area is 115 Å². The summed E-state index contributed by atoms with van der Waals surface area (Å²) in [6.07, 6.45) is 3.68. The molecule has 2 aromatic rings. The van der Waals surface area contributed by atoms with Gasteiger partial charge < -0.3 is 9.15 Å². The van der Waals surface area contributed by atoms with Crippen molar-refractivity contribution in [1.82, 2.24) is 4.98 Å². The van der Waals surface area contributed by atoms with Crippen LogP contribution in [-0.2, 0) is 16.0 Å². The Morgan fingerprint density at radius 3 is 2.95 bits per heavy atom. The number of furan rings is 1. The molecule has 0 saturated carbocycles. The fourth-order valence-corrected chi connectivity index (χ4v) is 2.31. The zero-order valence-corrected chi connectivity index (χ0v) is 11.7. The fraction of sp³-hybridized carbons (Fsp3) is 0.286. The Balaban J connectivity index is 1.76. The van der Waals surface area contributed by atoms with Gasteiger partial charge in [0.05, 0.1) is 17.8 Å². The van der Waals surface area contributed by atoms with Gasteiger partial charge in [0.2, 0.25) is 0 Å². The van der Waals surface area contributed by atoms with Gasteiger partial charge in [-0.2, -0.15) is 0 Å². The highest BCUT2D eigenvalue weighted by molar-refractivity contribution is 7.09. The number of aryl methyl sites for hydroxylation is 2. The zero-order chi connectivity index (χ0) is 13.7. The average Bonchev–Trinajstić information content (AvgIpc) is 2.96. The van der Waals surface area contributed by atoms with Crippen molar-refractivity contribution in [3.8, 4) is 0 Å². The highest BCUT2D eigenvalue weighted by Crippen LogP contribution is 2.12. The number of ether oxygens (including phenoxy) is 1. The summed E-state index contributed by atoms with van der Waals surface area (Å²) >= 11 is 1.58. The Hall–Kier alpha value is -1.88. The Bertz CT molecular complexity index is 583. The van der Waals surface area contributed by atoms with E-state index in [4.69, 9.17) is 9.15 Å². The van der Waals surface area contributed by atoms with Crippen LogP contribution < -0.4 is 0 Å². The fourth-order valence-electron chi connectivity index (χ4n) is 1.55. The summed E-state index contributed by atoms with van der Waals surface area (Å²) < 4.78 is 10.4. The van der Waals surface area contributed by atoms with E-state index in [-0.39, 0.29) is 5.97 Å². The SMILES string of the molecule is Cc1ccc(/C=C/C(=O)OCCc2scnc2C)o1. The molecular weight excluding hydrogens is 262 g/mol. The topological polar surface area (TPSA) is 52.3 Å². The van der Waals surface area contributed by atoms with Crippen molar-refractivity contribution < 1.29 is 13.9 Å². The molecule has 2 heterocycles. The number of carbonyl (C=O) groups excluding carboxylic acids is 1. The van der Waals surface area contributed by atoms with Gasteiger partial charge in [0.1, 0.15) is 11.5 Å². The molecule has 0 unspecified atom stereocenters. The predicted octanol–water partition coefficient (Wildman–Crippen LogP) is 3.15. The molecule has 2 aromatic heterocycles. The third kappa shape index (κ3) is 4.06. The number of carbonyl (C=O) groups is 1. The van der Waals surface area contributed by atoms with E-state index in [2.05, 4.69) is 4.98 Å². The number of aromatic nitrogens is 1. The van der Waals surface area contributed by atoms with Crippen LogP contribution in [0, 0.1) is 13.8 Å². The molecule has 0 spiro atoms. The van der Waals surface area contributed by atoms with Crippen molar-refractivity contribution in [2.24, 2.45) is 0 Å². The van der Waals surface area contributed by atoms with Crippen molar-refractivity contribution >= 4 is 23.4 Å². The van der Waals surface area contributed by atoms with Gasteiger partial charge in [-0.15, -0.1) is 11.3 Å². The van der Waals surface area contributed by atoms with Gasteiger partial charge in [-0.05, 0) is 32.1 Å². The molecule has 2 rings (SSSR count). The first-order valence-corrected chi connectivity index (χ1v) is 6.83. The summed E-state index contributed by atoms with van der Waals surface area (Å²) in [5.74, 6) is 1.10. The lowest BCUT2D eigenvalue weighted by atomic mass is 10.3. The lowest BCUT2D eigenvalue weighted by Crippen LogP contribution is -2.04. The molecule has 0 amide bonds.